The van der Waals surface area contributed by atoms with E-state index in [1.165, 1.54) is 38.5 Å². The van der Waals surface area contributed by atoms with Crippen molar-refractivity contribution in [3.8, 4) is 0 Å². The molecule has 0 unspecified atom stereocenters. The standard InChI is InChI=1S/C10H17N.C2H7N.ClH/c11-10-4-7-1-8(5-10)3-9(2-7)6-10;1-2-3;/h7-9H,1-6,11H2;2-3H2,1H3;1H. The summed E-state index contributed by atoms with van der Waals surface area (Å²) in [4.78, 5) is 0. The van der Waals surface area contributed by atoms with Crippen LogP contribution in [0.5, 0.6) is 0 Å². The molecule has 15 heavy (non-hydrogen) atoms. The van der Waals surface area contributed by atoms with Crippen molar-refractivity contribution in [2.45, 2.75) is 51.0 Å². The van der Waals surface area contributed by atoms with Crippen molar-refractivity contribution in [2.24, 2.45) is 29.2 Å². The Labute approximate surface area is 99.6 Å². The van der Waals surface area contributed by atoms with E-state index in [1.807, 2.05) is 6.92 Å². The average Bonchev–Trinajstić information content (AvgIpc) is 1.99. The first-order valence-corrected chi connectivity index (χ1v) is 6.14. The van der Waals surface area contributed by atoms with Gasteiger partial charge in [-0.3, -0.25) is 0 Å². The fourth-order valence-electron chi connectivity index (χ4n) is 4.18. The normalized spacial score (nSPS) is 45.4. The van der Waals surface area contributed by atoms with Crippen LogP contribution in [0.4, 0.5) is 0 Å². The molecule has 0 aromatic rings. The number of halogens is 1. The van der Waals surface area contributed by atoms with Crippen molar-refractivity contribution in [1.82, 2.24) is 0 Å². The summed E-state index contributed by atoms with van der Waals surface area (Å²) in [5.41, 5.74) is 11.5. The molecule has 4 aliphatic rings. The van der Waals surface area contributed by atoms with Crippen molar-refractivity contribution in [2.75, 3.05) is 6.54 Å². The predicted molar refractivity (Wildman–Crippen MR) is 67.1 cm³/mol. The summed E-state index contributed by atoms with van der Waals surface area (Å²) in [5.74, 6) is 3.06. The lowest BCUT2D eigenvalue weighted by Crippen LogP contribution is -2.55. The van der Waals surface area contributed by atoms with Gasteiger partial charge in [0.25, 0.3) is 0 Å². The fourth-order valence-corrected chi connectivity index (χ4v) is 4.18. The van der Waals surface area contributed by atoms with Crippen LogP contribution in [0.2, 0.25) is 0 Å². The third-order valence-corrected chi connectivity index (χ3v) is 4.09. The average molecular weight is 233 g/mol. The Balaban J connectivity index is 0.000000256. The maximum absolute atomic E-state index is 6.32. The zero-order valence-electron chi connectivity index (χ0n) is 9.74. The highest BCUT2D eigenvalue weighted by Gasteiger charge is 2.48. The lowest BCUT2D eigenvalue weighted by atomic mass is 9.53. The Morgan fingerprint density at radius 2 is 1.27 bits per heavy atom. The first kappa shape index (κ1) is 13.3. The molecule has 3 heteroatoms. The van der Waals surface area contributed by atoms with Crippen LogP contribution in [0.25, 0.3) is 0 Å². The van der Waals surface area contributed by atoms with E-state index in [4.69, 9.17) is 11.5 Å². The highest BCUT2D eigenvalue weighted by molar-refractivity contribution is 5.85. The molecule has 4 aliphatic carbocycles. The minimum Gasteiger partial charge on any atom is -0.331 e. The largest absolute Gasteiger partial charge is 0.331 e. The Kier molecular flexibility index (Phi) is 4.45. The van der Waals surface area contributed by atoms with E-state index in [2.05, 4.69) is 0 Å². The van der Waals surface area contributed by atoms with Gasteiger partial charge >= 0.3 is 0 Å². The van der Waals surface area contributed by atoms with E-state index in [-0.39, 0.29) is 12.4 Å². The minimum absolute atomic E-state index is 0. The maximum atomic E-state index is 6.32. The van der Waals surface area contributed by atoms with Gasteiger partial charge in [0.05, 0.1) is 0 Å². The SMILES string of the molecule is CCN.Cl.NC12CC3CC(CC(C3)C1)C2. The van der Waals surface area contributed by atoms with Crippen molar-refractivity contribution < 1.29 is 0 Å². The summed E-state index contributed by atoms with van der Waals surface area (Å²) in [7, 11) is 0. The van der Waals surface area contributed by atoms with Gasteiger partial charge in [-0.25, -0.2) is 0 Å². The summed E-state index contributed by atoms with van der Waals surface area (Å²) in [5, 5.41) is 0. The second-order valence-electron chi connectivity index (χ2n) is 5.69. The van der Waals surface area contributed by atoms with Crippen LogP contribution in [0.3, 0.4) is 0 Å². The van der Waals surface area contributed by atoms with Crippen LogP contribution in [0, 0.1) is 17.8 Å². The molecule has 0 spiro atoms. The number of hydrogen-bond acceptors (Lipinski definition) is 2. The van der Waals surface area contributed by atoms with Crippen LogP contribution < -0.4 is 11.5 Å². The topological polar surface area (TPSA) is 52.0 Å². The Morgan fingerprint density at radius 3 is 1.47 bits per heavy atom. The Bertz CT molecular complexity index is 171. The number of nitrogens with two attached hydrogens (primary N) is 2. The smallest absolute Gasteiger partial charge is 0.0162 e. The van der Waals surface area contributed by atoms with E-state index in [1.54, 1.807) is 0 Å². The van der Waals surface area contributed by atoms with Gasteiger partial charge in [-0.15, -0.1) is 12.4 Å². The zero-order chi connectivity index (χ0) is 10.2. The third kappa shape index (κ3) is 2.86. The summed E-state index contributed by atoms with van der Waals surface area (Å²) in [6.07, 6.45) is 8.57. The molecule has 4 rings (SSSR count). The zero-order valence-corrected chi connectivity index (χ0v) is 10.6. The molecule has 0 amide bonds. The molecule has 0 aliphatic heterocycles. The number of rotatable bonds is 0. The molecule has 0 aromatic carbocycles. The molecule has 0 heterocycles. The molecule has 0 radical (unpaired) electrons. The monoisotopic (exact) mass is 232 g/mol. The first-order chi connectivity index (χ1) is 6.65. The molecular formula is C12H25ClN2. The molecular weight excluding hydrogens is 208 g/mol. The van der Waals surface area contributed by atoms with Gasteiger partial charge in [-0.2, -0.15) is 0 Å². The first-order valence-electron chi connectivity index (χ1n) is 6.14. The molecule has 4 fully saturated rings. The van der Waals surface area contributed by atoms with E-state index >= 15 is 0 Å². The third-order valence-electron chi connectivity index (χ3n) is 4.09. The van der Waals surface area contributed by atoms with Crippen LogP contribution in [0.15, 0.2) is 0 Å². The van der Waals surface area contributed by atoms with Gasteiger partial charge in [0.1, 0.15) is 0 Å². The van der Waals surface area contributed by atoms with Gasteiger partial charge in [-0.05, 0) is 62.8 Å². The van der Waals surface area contributed by atoms with Crippen LogP contribution in [-0.2, 0) is 0 Å². The molecule has 0 aromatic heterocycles. The van der Waals surface area contributed by atoms with Crippen LogP contribution >= 0.6 is 12.4 Å². The molecule has 2 nitrogen and oxygen atoms in total. The van der Waals surface area contributed by atoms with Gasteiger partial charge in [0, 0.05) is 5.54 Å². The lowest BCUT2D eigenvalue weighted by molar-refractivity contribution is 0.000365. The van der Waals surface area contributed by atoms with Crippen molar-refractivity contribution >= 4 is 12.4 Å². The quantitative estimate of drug-likeness (QED) is 0.674. The predicted octanol–water partition coefficient (Wildman–Crippen LogP) is 2.30. The van der Waals surface area contributed by atoms with E-state index in [9.17, 15) is 0 Å². The maximum Gasteiger partial charge on any atom is 0.0162 e. The summed E-state index contributed by atoms with van der Waals surface area (Å²) in [6.45, 7) is 2.65. The van der Waals surface area contributed by atoms with Crippen LogP contribution in [-0.4, -0.2) is 12.1 Å². The summed E-state index contributed by atoms with van der Waals surface area (Å²) in [6, 6.07) is 0. The van der Waals surface area contributed by atoms with Crippen molar-refractivity contribution in [1.29, 1.82) is 0 Å². The molecule has 0 atom stereocenters. The van der Waals surface area contributed by atoms with Crippen molar-refractivity contribution in [3.63, 3.8) is 0 Å². The van der Waals surface area contributed by atoms with Gasteiger partial charge < -0.3 is 11.5 Å². The lowest BCUT2D eigenvalue weighted by Gasteiger charge is -2.55. The summed E-state index contributed by atoms with van der Waals surface area (Å²) < 4.78 is 0. The Hall–Kier alpha value is 0.210. The summed E-state index contributed by atoms with van der Waals surface area (Å²) >= 11 is 0. The second-order valence-corrected chi connectivity index (χ2v) is 5.69. The van der Waals surface area contributed by atoms with Gasteiger partial charge in [0.2, 0.25) is 0 Å². The number of hydrogen-bond donors (Lipinski definition) is 2. The van der Waals surface area contributed by atoms with Gasteiger partial charge in [0.15, 0.2) is 0 Å². The fraction of sp³-hybridized carbons (Fsp3) is 1.00. The highest BCUT2D eigenvalue weighted by atomic mass is 35.5. The molecule has 90 valence electrons. The van der Waals surface area contributed by atoms with E-state index in [0.29, 0.717) is 5.54 Å². The van der Waals surface area contributed by atoms with E-state index < -0.39 is 0 Å². The molecule has 4 N–H and O–H groups in total. The molecule has 4 saturated carbocycles. The molecule has 4 bridgehead atoms. The highest BCUT2D eigenvalue weighted by Crippen LogP contribution is 2.54. The van der Waals surface area contributed by atoms with Gasteiger partial charge in [-0.1, -0.05) is 6.92 Å². The van der Waals surface area contributed by atoms with Crippen molar-refractivity contribution in [3.05, 3.63) is 0 Å². The van der Waals surface area contributed by atoms with Crippen LogP contribution in [0.1, 0.15) is 45.4 Å². The van der Waals surface area contributed by atoms with E-state index in [0.717, 1.165) is 24.3 Å². The molecule has 0 saturated heterocycles. The minimum atomic E-state index is 0. The second kappa shape index (κ2) is 5.03. The Morgan fingerprint density at radius 1 is 1.00 bits per heavy atom.